The maximum atomic E-state index is 12.5. The Hall–Kier alpha value is -2.13. The highest BCUT2D eigenvalue weighted by Crippen LogP contribution is 2.24. The van der Waals surface area contributed by atoms with Gasteiger partial charge in [0.2, 0.25) is 0 Å². The molecule has 0 unspecified atom stereocenters. The molecule has 7 nitrogen and oxygen atoms in total. The first-order valence-corrected chi connectivity index (χ1v) is 8.80. The summed E-state index contributed by atoms with van der Waals surface area (Å²) >= 11 is 4.55. The van der Waals surface area contributed by atoms with Crippen molar-refractivity contribution in [1.82, 2.24) is 4.90 Å². The molecule has 3 rings (SSSR count). The van der Waals surface area contributed by atoms with Crippen LogP contribution >= 0.6 is 27.7 Å². The Labute approximate surface area is 150 Å². The second-order valence-electron chi connectivity index (χ2n) is 4.94. The van der Waals surface area contributed by atoms with Crippen LogP contribution in [0.1, 0.15) is 16.1 Å². The van der Waals surface area contributed by atoms with Crippen LogP contribution in [0.5, 0.6) is 0 Å². The van der Waals surface area contributed by atoms with Gasteiger partial charge in [-0.1, -0.05) is 23.9 Å². The van der Waals surface area contributed by atoms with Crippen LogP contribution in [0.25, 0.3) is 0 Å². The first-order valence-electron chi connectivity index (χ1n) is 7.02. The molecule has 0 radical (unpaired) electrons. The number of hydrogen-bond donors (Lipinski definition) is 0. The number of nitro benzene ring substituents is 1. The normalized spacial score (nSPS) is 13.9. The van der Waals surface area contributed by atoms with Crippen molar-refractivity contribution in [3.05, 3.63) is 62.5 Å². The van der Waals surface area contributed by atoms with Gasteiger partial charge in [0.1, 0.15) is 0 Å². The highest BCUT2D eigenvalue weighted by molar-refractivity contribution is 9.10. The number of nitro groups is 1. The third-order valence-corrected chi connectivity index (χ3v) is 4.83. The van der Waals surface area contributed by atoms with Crippen molar-refractivity contribution in [3.8, 4) is 0 Å². The number of amides is 1. The lowest BCUT2D eigenvalue weighted by molar-refractivity contribution is -0.384. The number of carbonyl (C=O) groups excluding carboxylic acids is 1. The molecular weight excluding hydrogens is 398 g/mol. The van der Waals surface area contributed by atoms with E-state index in [9.17, 15) is 14.9 Å². The first kappa shape index (κ1) is 16.7. The Balaban J connectivity index is 1.67. The average molecular weight is 410 g/mol. The number of carbonyl (C=O) groups is 1. The van der Waals surface area contributed by atoms with Crippen molar-refractivity contribution in [1.29, 1.82) is 0 Å². The maximum absolute atomic E-state index is 12.5. The molecule has 2 heterocycles. The molecule has 0 fully saturated rings. The second-order valence-corrected chi connectivity index (χ2v) is 6.66. The predicted octanol–water partition coefficient (Wildman–Crippen LogP) is 3.70. The average Bonchev–Trinajstić information content (AvgIpc) is 3.21. The minimum Gasteiger partial charge on any atom is -0.444 e. The molecule has 1 aliphatic rings. The summed E-state index contributed by atoms with van der Waals surface area (Å²) in [5.74, 6) is 0.488. The van der Waals surface area contributed by atoms with Crippen molar-refractivity contribution in [2.24, 2.45) is 4.99 Å². The molecule has 24 heavy (non-hydrogen) atoms. The van der Waals surface area contributed by atoms with E-state index >= 15 is 0 Å². The van der Waals surface area contributed by atoms with E-state index in [0.717, 1.165) is 5.56 Å². The largest absolute Gasteiger partial charge is 0.444 e. The number of rotatable bonds is 4. The van der Waals surface area contributed by atoms with Crippen LogP contribution in [0.3, 0.4) is 0 Å². The lowest BCUT2D eigenvalue weighted by Gasteiger charge is -2.16. The van der Waals surface area contributed by atoms with Gasteiger partial charge in [0.15, 0.2) is 15.6 Å². The highest BCUT2D eigenvalue weighted by atomic mass is 79.9. The summed E-state index contributed by atoms with van der Waals surface area (Å²) < 4.78 is 5.79. The summed E-state index contributed by atoms with van der Waals surface area (Å²) in [5, 5.41) is 11.4. The van der Waals surface area contributed by atoms with Gasteiger partial charge >= 0.3 is 0 Å². The lowest BCUT2D eigenvalue weighted by Crippen LogP contribution is -2.32. The monoisotopic (exact) mass is 409 g/mol. The number of amidine groups is 1. The summed E-state index contributed by atoms with van der Waals surface area (Å²) in [5.41, 5.74) is 0.853. The van der Waals surface area contributed by atoms with E-state index < -0.39 is 4.92 Å². The molecule has 0 N–H and O–H groups in total. The minimum atomic E-state index is -0.425. The van der Waals surface area contributed by atoms with Gasteiger partial charge in [-0.3, -0.25) is 24.8 Å². The number of benzene rings is 1. The Morgan fingerprint density at radius 2 is 2.25 bits per heavy atom. The molecule has 1 aliphatic heterocycles. The second kappa shape index (κ2) is 7.18. The van der Waals surface area contributed by atoms with Gasteiger partial charge in [-0.05, 0) is 33.6 Å². The Morgan fingerprint density at radius 3 is 2.96 bits per heavy atom. The van der Waals surface area contributed by atoms with Gasteiger partial charge in [0.05, 0.1) is 11.5 Å². The van der Waals surface area contributed by atoms with Gasteiger partial charge < -0.3 is 4.42 Å². The number of hydrogen-bond acceptors (Lipinski definition) is 6. The Bertz CT molecular complexity index is 821. The fourth-order valence-corrected chi connectivity index (χ4v) is 3.50. The Morgan fingerprint density at radius 1 is 1.42 bits per heavy atom. The zero-order valence-electron chi connectivity index (χ0n) is 12.3. The quantitative estimate of drug-likeness (QED) is 0.567. The molecule has 0 saturated carbocycles. The van der Waals surface area contributed by atoms with E-state index in [1.807, 2.05) is 6.07 Å². The van der Waals surface area contributed by atoms with E-state index in [-0.39, 0.29) is 17.4 Å². The Kier molecular flexibility index (Phi) is 5.00. The van der Waals surface area contributed by atoms with Crippen LogP contribution < -0.4 is 0 Å². The zero-order chi connectivity index (χ0) is 17.1. The summed E-state index contributed by atoms with van der Waals surface area (Å²) in [6.07, 6.45) is 0. The topological polar surface area (TPSA) is 89.0 Å². The first-order chi connectivity index (χ1) is 11.5. The van der Waals surface area contributed by atoms with Crippen LogP contribution in [0.2, 0.25) is 0 Å². The molecule has 0 atom stereocenters. The van der Waals surface area contributed by atoms with E-state index in [0.29, 0.717) is 28.7 Å². The van der Waals surface area contributed by atoms with Crippen LogP contribution in [0, 0.1) is 10.1 Å². The van der Waals surface area contributed by atoms with E-state index in [4.69, 9.17) is 4.42 Å². The molecule has 124 valence electrons. The zero-order valence-corrected chi connectivity index (χ0v) is 14.7. The van der Waals surface area contributed by atoms with Crippen LogP contribution in [0.15, 0.2) is 50.5 Å². The van der Waals surface area contributed by atoms with Gasteiger partial charge in [-0.15, -0.1) is 0 Å². The number of non-ortho nitro benzene ring substituents is 1. The molecule has 1 aromatic heterocycles. The van der Waals surface area contributed by atoms with Gasteiger partial charge in [-0.25, -0.2) is 0 Å². The standard InChI is InChI=1S/C15H12BrN3O4S/c16-13-5-4-12(23-13)14(20)18-7-6-17-15(18)24-9-10-2-1-3-11(8-10)19(21)22/h1-5,8H,6-7,9H2. The summed E-state index contributed by atoms with van der Waals surface area (Å²) in [6, 6.07) is 9.70. The molecule has 0 bridgehead atoms. The maximum Gasteiger partial charge on any atom is 0.295 e. The van der Waals surface area contributed by atoms with E-state index in [1.54, 1.807) is 23.1 Å². The van der Waals surface area contributed by atoms with Crippen LogP contribution in [-0.2, 0) is 5.75 Å². The smallest absolute Gasteiger partial charge is 0.295 e. The van der Waals surface area contributed by atoms with Crippen molar-refractivity contribution < 1.29 is 14.1 Å². The molecule has 0 saturated heterocycles. The van der Waals surface area contributed by atoms with Crippen molar-refractivity contribution in [3.63, 3.8) is 0 Å². The third-order valence-electron chi connectivity index (χ3n) is 3.32. The number of nitrogens with zero attached hydrogens (tertiary/aromatic N) is 3. The predicted molar refractivity (Wildman–Crippen MR) is 94.1 cm³/mol. The van der Waals surface area contributed by atoms with E-state index in [1.165, 1.54) is 23.9 Å². The molecule has 0 spiro atoms. The molecule has 1 amide bonds. The molecule has 1 aromatic carbocycles. The molecule has 0 aliphatic carbocycles. The summed E-state index contributed by atoms with van der Waals surface area (Å²) in [6.45, 7) is 1.03. The highest BCUT2D eigenvalue weighted by Gasteiger charge is 2.27. The van der Waals surface area contributed by atoms with Gasteiger partial charge in [0, 0.05) is 24.4 Å². The summed E-state index contributed by atoms with van der Waals surface area (Å²) in [4.78, 5) is 28.8. The van der Waals surface area contributed by atoms with E-state index in [2.05, 4.69) is 20.9 Å². The number of furan rings is 1. The molecular formula is C15H12BrN3O4S. The number of aliphatic imine (C=N–C) groups is 1. The molecule has 2 aromatic rings. The molecule has 9 heteroatoms. The van der Waals surface area contributed by atoms with Crippen molar-refractivity contribution in [2.75, 3.05) is 13.1 Å². The lowest BCUT2D eigenvalue weighted by atomic mass is 10.2. The number of thioether (sulfide) groups is 1. The van der Waals surface area contributed by atoms with Crippen molar-refractivity contribution in [2.45, 2.75) is 5.75 Å². The fraction of sp³-hybridized carbons (Fsp3) is 0.200. The van der Waals surface area contributed by atoms with Gasteiger partial charge in [-0.2, -0.15) is 0 Å². The minimum absolute atomic E-state index is 0.0508. The SMILES string of the molecule is O=C(c1ccc(Br)o1)N1CCN=C1SCc1cccc([N+](=O)[O-])c1. The summed E-state index contributed by atoms with van der Waals surface area (Å²) in [7, 11) is 0. The van der Waals surface area contributed by atoms with Crippen molar-refractivity contribution >= 4 is 44.5 Å². The number of halogens is 1. The fourth-order valence-electron chi connectivity index (χ4n) is 2.21. The third kappa shape index (κ3) is 3.68. The van der Waals surface area contributed by atoms with Crippen LogP contribution in [-0.4, -0.2) is 34.0 Å². The van der Waals surface area contributed by atoms with Gasteiger partial charge in [0.25, 0.3) is 11.6 Å². The van der Waals surface area contributed by atoms with Crippen LogP contribution in [0.4, 0.5) is 5.69 Å².